The van der Waals surface area contributed by atoms with Crippen LogP contribution in [0.15, 0.2) is 48.5 Å². The van der Waals surface area contributed by atoms with Crippen LogP contribution >= 0.6 is 11.6 Å². The Kier molecular flexibility index (Phi) is 6.31. The molecule has 164 valence electrons. The average molecular weight is 462 g/mol. The predicted molar refractivity (Wildman–Crippen MR) is 119 cm³/mol. The zero-order valence-corrected chi connectivity index (χ0v) is 18.5. The van der Waals surface area contributed by atoms with Gasteiger partial charge in [0.2, 0.25) is 21.8 Å². The molecule has 1 N–H and O–H groups in total. The molecule has 0 saturated carbocycles. The first-order valence-corrected chi connectivity index (χ1v) is 12.2. The molecule has 2 aliphatic heterocycles. The van der Waals surface area contributed by atoms with Crippen molar-refractivity contribution in [3.05, 3.63) is 64.7 Å². The maximum Gasteiger partial charge on any atom is 0.227 e. The van der Waals surface area contributed by atoms with E-state index in [1.807, 2.05) is 24.3 Å². The molecule has 0 aliphatic carbocycles. The molecule has 2 amide bonds. The highest BCUT2D eigenvalue weighted by Gasteiger charge is 2.35. The predicted octanol–water partition coefficient (Wildman–Crippen LogP) is 2.20. The van der Waals surface area contributed by atoms with Crippen molar-refractivity contribution in [2.45, 2.75) is 19.4 Å². The Labute approximate surface area is 187 Å². The molecule has 0 aromatic heterocycles. The van der Waals surface area contributed by atoms with Gasteiger partial charge in [-0.15, -0.1) is 0 Å². The Hall–Kier alpha value is -2.42. The maximum absolute atomic E-state index is 12.7. The van der Waals surface area contributed by atoms with Crippen LogP contribution in [-0.4, -0.2) is 49.9 Å². The molecule has 7 nitrogen and oxygen atoms in total. The molecule has 9 heteroatoms. The van der Waals surface area contributed by atoms with Gasteiger partial charge in [-0.05, 0) is 41.8 Å². The van der Waals surface area contributed by atoms with Crippen LogP contribution in [0.1, 0.15) is 17.5 Å². The minimum Gasteiger partial charge on any atom is -0.355 e. The summed E-state index contributed by atoms with van der Waals surface area (Å²) in [6.07, 6.45) is 0.788. The third-order valence-electron chi connectivity index (χ3n) is 5.78. The van der Waals surface area contributed by atoms with Crippen LogP contribution in [0.4, 0.5) is 5.69 Å². The molecule has 2 heterocycles. The van der Waals surface area contributed by atoms with E-state index in [-0.39, 0.29) is 37.1 Å². The fraction of sp³-hybridized carbons (Fsp3) is 0.364. The van der Waals surface area contributed by atoms with Gasteiger partial charge < -0.3 is 10.2 Å². The van der Waals surface area contributed by atoms with Crippen molar-refractivity contribution in [2.75, 3.05) is 30.3 Å². The summed E-state index contributed by atoms with van der Waals surface area (Å²) < 4.78 is 26.9. The topological polar surface area (TPSA) is 86.8 Å². The number of sulfonamides is 1. The summed E-state index contributed by atoms with van der Waals surface area (Å²) >= 11 is 5.89. The lowest BCUT2D eigenvalue weighted by atomic mass is 10.0. The van der Waals surface area contributed by atoms with Gasteiger partial charge >= 0.3 is 0 Å². The standard InChI is InChI=1S/C22H24ClN3O4S/c23-19-5-7-20(8-6-19)26-15-18(13-21(26)27)22(28)24-10-12-31(29,30)25-11-9-16-3-1-2-4-17(16)14-25/h1-8,18H,9-15H2,(H,24,28)/t18-/m1/s1. The van der Waals surface area contributed by atoms with E-state index in [1.54, 1.807) is 29.2 Å². The molecule has 2 aromatic rings. The molecule has 2 aliphatic rings. The van der Waals surface area contributed by atoms with Crippen molar-refractivity contribution in [2.24, 2.45) is 5.92 Å². The van der Waals surface area contributed by atoms with Crippen molar-refractivity contribution < 1.29 is 18.0 Å². The molecule has 0 radical (unpaired) electrons. The minimum absolute atomic E-state index is 0.0188. The first-order chi connectivity index (χ1) is 14.8. The lowest BCUT2D eigenvalue weighted by Crippen LogP contribution is -2.41. The summed E-state index contributed by atoms with van der Waals surface area (Å²) in [7, 11) is -3.49. The quantitative estimate of drug-likeness (QED) is 0.714. The monoisotopic (exact) mass is 461 g/mol. The number of hydrogen-bond acceptors (Lipinski definition) is 4. The van der Waals surface area contributed by atoms with Crippen LogP contribution in [0.2, 0.25) is 5.02 Å². The summed E-state index contributed by atoms with van der Waals surface area (Å²) in [6, 6.07) is 14.7. The summed E-state index contributed by atoms with van der Waals surface area (Å²) in [5.74, 6) is -1.11. The number of rotatable bonds is 6. The largest absolute Gasteiger partial charge is 0.355 e. The van der Waals surface area contributed by atoms with Gasteiger partial charge in [0.25, 0.3) is 0 Å². The highest BCUT2D eigenvalue weighted by atomic mass is 35.5. The Morgan fingerprint density at radius 3 is 2.55 bits per heavy atom. The highest BCUT2D eigenvalue weighted by Crippen LogP contribution is 2.26. The Balaban J connectivity index is 1.29. The smallest absolute Gasteiger partial charge is 0.227 e. The van der Waals surface area contributed by atoms with Crippen LogP contribution in [0.3, 0.4) is 0 Å². The second-order valence-corrected chi connectivity index (χ2v) is 10.4. The van der Waals surface area contributed by atoms with E-state index in [0.717, 1.165) is 5.56 Å². The first-order valence-electron chi connectivity index (χ1n) is 10.2. The number of amides is 2. The number of carbonyl (C=O) groups is 2. The number of nitrogens with zero attached hydrogens (tertiary/aromatic N) is 2. The van der Waals surface area contributed by atoms with Crippen LogP contribution in [0, 0.1) is 5.92 Å². The number of anilines is 1. The van der Waals surface area contributed by atoms with Crippen LogP contribution < -0.4 is 10.2 Å². The third-order valence-corrected chi connectivity index (χ3v) is 7.85. The van der Waals surface area contributed by atoms with E-state index in [4.69, 9.17) is 11.6 Å². The van der Waals surface area contributed by atoms with E-state index in [2.05, 4.69) is 5.32 Å². The number of halogens is 1. The highest BCUT2D eigenvalue weighted by molar-refractivity contribution is 7.89. The fourth-order valence-electron chi connectivity index (χ4n) is 4.04. The van der Waals surface area contributed by atoms with Crippen molar-refractivity contribution >= 4 is 39.1 Å². The average Bonchev–Trinajstić information content (AvgIpc) is 3.15. The lowest BCUT2D eigenvalue weighted by Gasteiger charge is -2.28. The van der Waals surface area contributed by atoms with Gasteiger partial charge in [-0.2, -0.15) is 4.31 Å². The van der Waals surface area contributed by atoms with Gasteiger partial charge in [0.05, 0.1) is 11.7 Å². The van der Waals surface area contributed by atoms with Crippen LogP contribution in [0.5, 0.6) is 0 Å². The van der Waals surface area contributed by atoms with Crippen molar-refractivity contribution in [1.29, 1.82) is 0 Å². The second-order valence-electron chi connectivity index (χ2n) is 7.84. The summed E-state index contributed by atoms with van der Waals surface area (Å²) in [5.41, 5.74) is 2.89. The zero-order chi connectivity index (χ0) is 22.0. The summed E-state index contributed by atoms with van der Waals surface area (Å²) in [6.45, 7) is 1.09. The Morgan fingerprint density at radius 2 is 1.81 bits per heavy atom. The first kappa shape index (κ1) is 21.8. The van der Waals surface area contributed by atoms with E-state index in [1.165, 1.54) is 9.87 Å². The van der Waals surface area contributed by atoms with E-state index in [0.29, 0.717) is 30.2 Å². The maximum atomic E-state index is 12.7. The number of carbonyl (C=O) groups excluding carboxylic acids is 2. The zero-order valence-electron chi connectivity index (χ0n) is 17.0. The Morgan fingerprint density at radius 1 is 1.10 bits per heavy atom. The second kappa shape index (κ2) is 8.98. The molecule has 0 bridgehead atoms. The normalized spacial score (nSPS) is 19.3. The molecule has 1 saturated heterocycles. The number of benzene rings is 2. The van der Waals surface area contributed by atoms with Crippen LogP contribution in [0.25, 0.3) is 0 Å². The summed E-state index contributed by atoms with van der Waals surface area (Å²) in [4.78, 5) is 26.4. The van der Waals surface area contributed by atoms with E-state index in [9.17, 15) is 18.0 Å². The van der Waals surface area contributed by atoms with Crippen molar-refractivity contribution in [3.63, 3.8) is 0 Å². The van der Waals surface area contributed by atoms with Gasteiger partial charge in [0.15, 0.2) is 0 Å². The molecular weight excluding hydrogens is 438 g/mol. The van der Waals surface area contributed by atoms with Crippen LogP contribution in [-0.2, 0) is 32.6 Å². The van der Waals surface area contributed by atoms with E-state index < -0.39 is 15.9 Å². The molecule has 31 heavy (non-hydrogen) atoms. The molecule has 0 spiro atoms. The molecule has 1 atom stereocenters. The molecular formula is C22H24ClN3O4S. The number of hydrogen-bond donors (Lipinski definition) is 1. The lowest BCUT2D eigenvalue weighted by molar-refractivity contribution is -0.126. The van der Waals surface area contributed by atoms with Gasteiger partial charge in [-0.3, -0.25) is 9.59 Å². The minimum atomic E-state index is -3.49. The van der Waals surface area contributed by atoms with Gasteiger partial charge in [-0.1, -0.05) is 35.9 Å². The van der Waals surface area contributed by atoms with Gasteiger partial charge in [0, 0.05) is 43.3 Å². The Bertz CT molecular complexity index is 1090. The van der Waals surface area contributed by atoms with E-state index >= 15 is 0 Å². The molecule has 2 aromatic carbocycles. The summed E-state index contributed by atoms with van der Waals surface area (Å²) in [5, 5.41) is 3.27. The SMILES string of the molecule is O=C(NCCS(=O)(=O)N1CCc2ccccc2C1)[C@@H]1CC(=O)N(c2ccc(Cl)cc2)C1. The molecule has 4 rings (SSSR count). The van der Waals surface area contributed by atoms with Crippen molar-refractivity contribution in [3.8, 4) is 0 Å². The van der Waals surface area contributed by atoms with Crippen molar-refractivity contribution in [1.82, 2.24) is 9.62 Å². The molecule has 0 unspecified atom stereocenters. The third kappa shape index (κ3) is 4.92. The number of nitrogens with one attached hydrogen (secondary N) is 1. The van der Waals surface area contributed by atoms with Gasteiger partial charge in [-0.25, -0.2) is 8.42 Å². The van der Waals surface area contributed by atoms with Gasteiger partial charge in [0.1, 0.15) is 0 Å². The number of fused-ring (bicyclic) bond motifs is 1. The molecule has 1 fully saturated rings. The fourth-order valence-corrected chi connectivity index (χ4v) is 5.49.